The molecule has 1 aliphatic heterocycles. The van der Waals surface area contributed by atoms with E-state index in [1.165, 1.54) is 36.8 Å². The standard InChI is InChI=1S/C21H26O2/c1-3-5-9-16(4-2)15-22-20-12-8-13-21-18(20)14-17-10-6-7-11-19(17)23-21/h6-8,10-13,16H,3-5,9,14-15H2,1-2H3. The maximum absolute atomic E-state index is 6.19. The second-order valence-electron chi connectivity index (χ2n) is 6.35. The Morgan fingerprint density at radius 1 is 1.04 bits per heavy atom. The highest BCUT2D eigenvalue weighted by Gasteiger charge is 2.20. The number of benzene rings is 2. The zero-order chi connectivity index (χ0) is 16.1. The van der Waals surface area contributed by atoms with Crippen LogP contribution in [0.25, 0.3) is 0 Å². The zero-order valence-electron chi connectivity index (χ0n) is 14.2. The topological polar surface area (TPSA) is 18.5 Å². The van der Waals surface area contributed by atoms with E-state index in [9.17, 15) is 0 Å². The van der Waals surface area contributed by atoms with E-state index in [1.54, 1.807) is 0 Å². The van der Waals surface area contributed by atoms with Gasteiger partial charge in [-0.2, -0.15) is 0 Å². The molecular weight excluding hydrogens is 284 g/mol. The Balaban J connectivity index is 1.73. The molecular formula is C21H26O2. The van der Waals surface area contributed by atoms with E-state index in [0.29, 0.717) is 5.92 Å². The fraction of sp³-hybridized carbons (Fsp3) is 0.429. The molecule has 0 amide bonds. The molecule has 0 saturated carbocycles. The van der Waals surface area contributed by atoms with Crippen LogP contribution in [0.15, 0.2) is 42.5 Å². The third-order valence-corrected chi connectivity index (χ3v) is 4.67. The highest BCUT2D eigenvalue weighted by Crippen LogP contribution is 2.40. The lowest BCUT2D eigenvalue weighted by Gasteiger charge is -2.23. The number of unbranched alkanes of at least 4 members (excludes halogenated alkanes) is 1. The number of para-hydroxylation sites is 1. The monoisotopic (exact) mass is 310 g/mol. The lowest BCUT2D eigenvalue weighted by molar-refractivity contribution is 0.230. The van der Waals surface area contributed by atoms with Crippen molar-refractivity contribution in [3.63, 3.8) is 0 Å². The summed E-state index contributed by atoms with van der Waals surface area (Å²) in [5.41, 5.74) is 2.41. The fourth-order valence-corrected chi connectivity index (χ4v) is 3.11. The minimum absolute atomic E-state index is 0.641. The SMILES string of the molecule is CCCCC(CC)COc1cccc2c1Cc1ccccc1O2. The van der Waals surface area contributed by atoms with Gasteiger partial charge in [-0.05, 0) is 36.1 Å². The molecule has 0 saturated heterocycles. The first-order valence-electron chi connectivity index (χ1n) is 8.82. The summed E-state index contributed by atoms with van der Waals surface area (Å²) >= 11 is 0. The van der Waals surface area contributed by atoms with Crippen LogP contribution in [-0.2, 0) is 6.42 Å². The maximum Gasteiger partial charge on any atom is 0.134 e. The third-order valence-electron chi connectivity index (χ3n) is 4.67. The fourth-order valence-electron chi connectivity index (χ4n) is 3.11. The van der Waals surface area contributed by atoms with Gasteiger partial charge in [0.15, 0.2) is 0 Å². The van der Waals surface area contributed by atoms with Gasteiger partial charge >= 0.3 is 0 Å². The molecule has 1 unspecified atom stereocenters. The second-order valence-corrected chi connectivity index (χ2v) is 6.35. The lowest BCUT2D eigenvalue weighted by atomic mass is 9.99. The summed E-state index contributed by atoms with van der Waals surface area (Å²) in [4.78, 5) is 0. The summed E-state index contributed by atoms with van der Waals surface area (Å²) < 4.78 is 12.2. The van der Waals surface area contributed by atoms with Crippen molar-refractivity contribution in [2.24, 2.45) is 5.92 Å². The molecule has 0 N–H and O–H groups in total. The highest BCUT2D eigenvalue weighted by molar-refractivity contribution is 5.54. The molecule has 2 nitrogen and oxygen atoms in total. The quantitative estimate of drug-likeness (QED) is 0.534. The van der Waals surface area contributed by atoms with Crippen LogP contribution >= 0.6 is 0 Å². The Bertz CT molecular complexity index is 648. The van der Waals surface area contributed by atoms with Crippen LogP contribution < -0.4 is 9.47 Å². The van der Waals surface area contributed by atoms with Crippen molar-refractivity contribution in [3.05, 3.63) is 53.6 Å². The van der Waals surface area contributed by atoms with Gasteiger partial charge in [-0.3, -0.25) is 0 Å². The normalized spacial score (nSPS) is 13.7. The van der Waals surface area contributed by atoms with Crippen molar-refractivity contribution in [2.75, 3.05) is 6.61 Å². The Hall–Kier alpha value is -1.96. The largest absolute Gasteiger partial charge is 0.493 e. The average Bonchev–Trinajstić information content (AvgIpc) is 2.60. The van der Waals surface area contributed by atoms with Crippen molar-refractivity contribution in [3.8, 4) is 17.2 Å². The van der Waals surface area contributed by atoms with Crippen LogP contribution in [0.1, 0.15) is 50.7 Å². The van der Waals surface area contributed by atoms with Crippen LogP contribution in [0.2, 0.25) is 0 Å². The van der Waals surface area contributed by atoms with Gasteiger partial charge in [0.1, 0.15) is 17.2 Å². The number of fused-ring (bicyclic) bond motifs is 2. The lowest BCUT2D eigenvalue weighted by Crippen LogP contribution is -2.13. The van der Waals surface area contributed by atoms with Crippen LogP contribution in [0.3, 0.4) is 0 Å². The Kier molecular flexibility index (Phi) is 5.22. The van der Waals surface area contributed by atoms with Crippen molar-refractivity contribution in [2.45, 2.75) is 46.0 Å². The van der Waals surface area contributed by atoms with E-state index in [4.69, 9.17) is 9.47 Å². The van der Waals surface area contributed by atoms with Crippen molar-refractivity contribution in [1.29, 1.82) is 0 Å². The van der Waals surface area contributed by atoms with Crippen LogP contribution in [0.5, 0.6) is 17.2 Å². The first-order chi connectivity index (χ1) is 11.3. The zero-order valence-corrected chi connectivity index (χ0v) is 14.2. The molecule has 1 aliphatic rings. The summed E-state index contributed by atoms with van der Waals surface area (Å²) in [7, 11) is 0. The molecule has 1 heterocycles. The van der Waals surface area contributed by atoms with Gasteiger partial charge < -0.3 is 9.47 Å². The number of hydrogen-bond acceptors (Lipinski definition) is 2. The average molecular weight is 310 g/mol. The molecule has 2 heteroatoms. The Morgan fingerprint density at radius 3 is 2.70 bits per heavy atom. The van der Waals surface area contributed by atoms with E-state index in [0.717, 1.165) is 30.3 Å². The third kappa shape index (κ3) is 3.69. The first-order valence-corrected chi connectivity index (χ1v) is 8.82. The minimum Gasteiger partial charge on any atom is -0.493 e. The van der Waals surface area contributed by atoms with Crippen LogP contribution in [0.4, 0.5) is 0 Å². The van der Waals surface area contributed by atoms with Gasteiger partial charge in [-0.25, -0.2) is 0 Å². The Labute approximate surface area is 139 Å². The van der Waals surface area contributed by atoms with Crippen molar-refractivity contribution in [1.82, 2.24) is 0 Å². The molecule has 2 aromatic carbocycles. The van der Waals surface area contributed by atoms with Gasteiger partial charge in [-0.15, -0.1) is 0 Å². The molecule has 23 heavy (non-hydrogen) atoms. The first kappa shape index (κ1) is 15.9. The summed E-state index contributed by atoms with van der Waals surface area (Å²) in [6.07, 6.45) is 5.84. The number of hydrogen-bond donors (Lipinski definition) is 0. The van der Waals surface area contributed by atoms with Crippen LogP contribution in [-0.4, -0.2) is 6.61 Å². The van der Waals surface area contributed by atoms with Gasteiger partial charge in [-0.1, -0.05) is 57.4 Å². The van der Waals surface area contributed by atoms with E-state index in [2.05, 4.69) is 32.0 Å². The van der Waals surface area contributed by atoms with Crippen LogP contribution in [0, 0.1) is 5.92 Å². The Morgan fingerprint density at radius 2 is 1.87 bits per heavy atom. The molecule has 1 atom stereocenters. The summed E-state index contributed by atoms with van der Waals surface area (Å²) in [6.45, 7) is 5.30. The molecule has 0 aromatic heterocycles. The molecule has 0 radical (unpaired) electrons. The van der Waals surface area contributed by atoms with E-state index < -0.39 is 0 Å². The van der Waals surface area contributed by atoms with E-state index in [-0.39, 0.29) is 0 Å². The van der Waals surface area contributed by atoms with Gasteiger partial charge in [0, 0.05) is 12.0 Å². The van der Waals surface area contributed by atoms with Crippen molar-refractivity contribution >= 4 is 0 Å². The smallest absolute Gasteiger partial charge is 0.134 e. The second kappa shape index (κ2) is 7.54. The van der Waals surface area contributed by atoms with Gasteiger partial charge in [0.2, 0.25) is 0 Å². The van der Waals surface area contributed by atoms with E-state index >= 15 is 0 Å². The maximum atomic E-state index is 6.19. The molecule has 3 rings (SSSR count). The predicted molar refractivity (Wildman–Crippen MR) is 94.6 cm³/mol. The summed E-state index contributed by atoms with van der Waals surface area (Å²) in [5.74, 6) is 3.52. The summed E-state index contributed by atoms with van der Waals surface area (Å²) in [6, 6.07) is 14.4. The molecule has 0 fully saturated rings. The van der Waals surface area contributed by atoms with Crippen molar-refractivity contribution < 1.29 is 9.47 Å². The molecule has 0 aliphatic carbocycles. The molecule has 122 valence electrons. The minimum atomic E-state index is 0.641. The predicted octanol–water partition coefficient (Wildman–Crippen LogP) is 5.98. The molecule has 2 aromatic rings. The highest BCUT2D eigenvalue weighted by atomic mass is 16.5. The van der Waals surface area contributed by atoms with Gasteiger partial charge in [0.25, 0.3) is 0 Å². The molecule has 0 bridgehead atoms. The molecule has 0 spiro atoms. The summed E-state index contributed by atoms with van der Waals surface area (Å²) in [5, 5.41) is 0. The number of rotatable bonds is 7. The number of ether oxygens (including phenoxy) is 2. The van der Waals surface area contributed by atoms with E-state index in [1.807, 2.05) is 24.3 Å². The van der Waals surface area contributed by atoms with Gasteiger partial charge in [0.05, 0.1) is 6.61 Å².